The van der Waals surface area contributed by atoms with Crippen LogP contribution in [0.25, 0.3) is 16.9 Å². The Hall–Kier alpha value is -4.33. The second-order valence-electron chi connectivity index (χ2n) is 8.91. The van der Waals surface area contributed by atoms with Gasteiger partial charge in [-0.3, -0.25) is 14.7 Å². The summed E-state index contributed by atoms with van der Waals surface area (Å²) in [6.45, 7) is 3.39. The number of nitrogens with two attached hydrogens (primary N) is 1. The molecule has 36 heavy (non-hydrogen) atoms. The molecule has 8 heteroatoms. The van der Waals surface area contributed by atoms with Gasteiger partial charge < -0.3 is 15.4 Å². The number of aromatic nitrogens is 3. The predicted molar refractivity (Wildman–Crippen MR) is 138 cm³/mol. The van der Waals surface area contributed by atoms with E-state index in [0.29, 0.717) is 35.9 Å². The van der Waals surface area contributed by atoms with Gasteiger partial charge in [0.1, 0.15) is 17.2 Å². The molecule has 0 aliphatic carbocycles. The van der Waals surface area contributed by atoms with Gasteiger partial charge in [0.2, 0.25) is 5.91 Å². The number of rotatable bonds is 7. The second-order valence-corrected chi connectivity index (χ2v) is 8.91. The third kappa shape index (κ3) is 4.62. The lowest BCUT2D eigenvalue weighted by molar-refractivity contribution is -0.127. The summed E-state index contributed by atoms with van der Waals surface area (Å²) in [5.74, 6) is 1.17. The monoisotopic (exact) mass is 483 g/mol. The van der Waals surface area contributed by atoms with Crippen LogP contribution >= 0.6 is 0 Å². The maximum Gasteiger partial charge on any atom is 0.269 e. The molecule has 4 aromatic rings. The number of fused-ring (bicyclic) bond motifs is 1. The van der Waals surface area contributed by atoms with Crippen LogP contribution in [0.4, 0.5) is 0 Å². The number of amides is 2. The predicted octanol–water partition coefficient (Wildman–Crippen LogP) is 4.89. The number of allylic oxidation sites excluding steroid dienone is 1. The fraction of sp³-hybridized carbons (Fsp3) is 0.250. The van der Waals surface area contributed by atoms with Gasteiger partial charge >= 0.3 is 0 Å². The first kappa shape index (κ1) is 23.4. The van der Waals surface area contributed by atoms with Gasteiger partial charge in [-0.15, -0.1) is 0 Å². The number of H-pyrrole nitrogens is 1. The molecule has 3 heterocycles. The summed E-state index contributed by atoms with van der Waals surface area (Å²) in [5, 5.41) is 3.17. The first-order valence-corrected chi connectivity index (χ1v) is 12.2. The number of carbonyl (C=O) groups is 2. The summed E-state index contributed by atoms with van der Waals surface area (Å²) in [6.07, 6.45) is 7.95. The number of aromatic amines is 1. The Bertz CT molecular complexity index is 1390. The topological polar surface area (TPSA) is 106 Å². The van der Waals surface area contributed by atoms with Crippen LogP contribution in [0, 0.1) is 0 Å². The summed E-state index contributed by atoms with van der Waals surface area (Å²) in [5.41, 5.74) is 9.11. The molecule has 0 bridgehead atoms. The van der Waals surface area contributed by atoms with E-state index in [1.54, 1.807) is 10.6 Å². The molecule has 1 fully saturated rings. The van der Waals surface area contributed by atoms with Crippen LogP contribution in [0.3, 0.4) is 0 Å². The lowest BCUT2D eigenvalue weighted by Gasteiger charge is -2.31. The lowest BCUT2D eigenvalue weighted by atomic mass is 9.91. The van der Waals surface area contributed by atoms with Crippen molar-refractivity contribution in [2.24, 2.45) is 5.73 Å². The van der Waals surface area contributed by atoms with Gasteiger partial charge in [-0.1, -0.05) is 31.2 Å². The van der Waals surface area contributed by atoms with Gasteiger partial charge in [-0.05, 0) is 67.7 Å². The number of nitrogens with zero attached hydrogens (tertiary/aromatic N) is 3. The van der Waals surface area contributed by atoms with E-state index in [-0.39, 0.29) is 11.8 Å². The molecule has 1 aliphatic heterocycles. The maximum absolute atomic E-state index is 12.4. The smallest absolute Gasteiger partial charge is 0.269 e. The summed E-state index contributed by atoms with van der Waals surface area (Å²) < 4.78 is 7.55. The number of nitrogens with one attached hydrogen (secondary N) is 1. The molecule has 3 N–H and O–H groups in total. The number of benzene rings is 2. The van der Waals surface area contributed by atoms with E-state index in [1.165, 1.54) is 0 Å². The summed E-state index contributed by atoms with van der Waals surface area (Å²) in [7, 11) is 0. The lowest BCUT2D eigenvalue weighted by Crippen LogP contribution is -2.36. The van der Waals surface area contributed by atoms with Gasteiger partial charge in [0, 0.05) is 30.4 Å². The highest BCUT2D eigenvalue weighted by atomic mass is 16.5. The fourth-order valence-corrected chi connectivity index (χ4v) is 4.71. The first-order valence-electron chi connectivity index (χ1n) is 12.2. The van der Waals surface area contributed by atoms with Crippen molar-refractivity contribution in [3.63, 3.8) is 0 Å². The van der Waals surface area contributed by atoms with Crippen molar-refractivity contribution in [3.8, 4) is 22.8 Å². The Morgan fingerprint density at radius 1 is 1.08 bits per heavy atom. The Morgan fingerprint density at radius 2 is 1.78 bits per heavy atom. The van der Waals surface area contributed by atoms with Crippen LogP contribution in [0.5, 0.6) is 11.5 Å². The normalized spacial score (nSPS) is 14.5. The van der Waals surface area contributed by atoms with Crippen molar-refractivity contribution >= 4 is 17.5 Å². The summed E-state index contributed by atoms with van der Waals surface area (Å²) >= 11 is 0. The molecule has 0 spiro atoms. The number of likely N-dealkylation sites (tertiary alicyclic amines) is 1. The van der Waals surface area contributed by atoms with Crippen LogP contribution in [-0.4, -0.2) is 44.4 Å². The van der Waals surface area contributed by atoms with E-state index in [4.69, 9.17) is 15.5 Å². The summed E-state index contributed by atoms with van der Waals surface area (Å²) in [4.78, 5) is 31.5. The zero-order valence-corrected chi connectivity index (χ0v) is 20.2. The largest absolute Gasteiger partial charge is 0.457 e. The number of primary amides is 1. The molecule has 0 saturated carbocycles. The fourth-order valence-electron chi connectivity index (χ4n) is 4.71. The highest BCUT2D eigenvalue weighted by Gasteiger charge is 2.28. The Morgan fingerprint density at radius 3 is 2.44 bits per heavy atom. The van der Waals surface area contributed by atoms with Crippen LogP contribution in [-0.2, 0) is 4.79 Å². The van der Waals surface area contributed by atoms with Crippen molar-refractivity contribution in [3.05, 3.63) is 84.2 Å². The maximum atomic E-state index is 12.4. The van der Waals surface area contributed by atoms with E-state index in [0.717, 1.165) is 36.1 Å². The Labute approximate surface area is 209 Å². The molecule has 8 nitrogen and oxygen atoms in total. The highest BCUT2D eigenvalue weighted by molar-refractivity contribution is 5.98. The van der Waals surface area contributed by atoms with Gasteiger partial charge in [-0.25, -0.2) is 9.50 Å². The zero-order valence-electron chi connectivity index (χ0n) is 20.2. The van der Waals surface area contributed by atoms with Crippen molar-refractivity contribution < 1.29 is 14.3 Å². The highest BCUT2D eigenvalue weighted by Crippen LogP contribution is 2.34. The van der Waals surface area contributed by atoms with Crippen LogP contribution in [0.1, 0.15) is 48.2 Å². The molecule has 1 aliphatic rings. The Kier molecular flexibility index (Phi) is 6.58. The average Bonchev–Trinajstić information content (AvgIpc) is 3.48. The van der Waals surface area contributed by atoms with Crippen molar-refractivity contribution in [1.29, 1.82) is 0 Å². The van der Waals surface area contributed by atoms with Crippen molar-refractivity contribution in [2.75, 3.05) is 13.1 Å². The van der Waals surface area contributed by atoms with E-state index < -0.39 is 5.91 Å². The molecule has 2 aromatic heterocycles. The van der Waals surface area contributed by atoms with Gasteiger partial charge in [0.25, 0.3) is 5.91 Å². The molecule has 0 unspecified atom stereocenters. The molecule has 0 atom stereocenters. The standard InChI is InChI=1S/C28H29N5O3/c1-2-3-9-24(34)32-16-14-19(15-17-32)23-18-30-33-26(27(29)35)25(31-28(23)33)20-10-12-22(13-11-20)36-21-7-5-4-6-8-21/h3-13,18-19,30H,2,14-17H2,1H3,(H2,29,35)/b9-3+. The second kappa shape index (κ2) is 10.1. The van der Waals surface area contributed by atoms with Crippen LogP contribution < -0.4 is 10.5 Å². The van der Waals surface area contributed by atoms with Crippen LogP contribution in [0.2, 0.25) is 0 Å². The molecule has 2 aromatic carbocycles. The van der Waals surface area contributed by atoms with Crippen molar-refractivity contribution in [2.45, 2.75) is 32.1 Å². The Balaban J connectivity index is 1.39. The molecular weight excluding hydrogens is 454 g/mol. The third-order valence-corrected chi connectivity index (χ3v) is 6.57. The zero-order chi connectivity index (χ0) is 25.1. The minimum absolute atomic E-state index is 0.0633. The van der Waals surface area contributed by atoms with E-state index in [2.05, 4.69) is 5.10 Å². The van der Waals surface area contributed by atoms with Gasteiger partial charge in [0.05, 0.1) is 0 Å². The number of carbonyl (C=O) groups excluding carboxylic acids is 2. The molecular formula is C28H29N5O3. The minimum Gasteiger partial charge on any atom is -0.457 e. The molecule has 0 radical (unpaired) electrons. The molecule has 2 amide bonds. The summed E-state index contributed by atoms with van der Waals surface area (Å²) in [6, 6.07) is 17.0. The van der Waals surface area contributed by atoms with Gasteiger partial charge in [-0.2, -0.15) is 0 Å². The van der Waals surface area contributed by atoms with E-state index in [1.807, 2.05) is 78.7 Å². The molecule has 1 saturated heterocycles. The van der Waals surface area contributed by atoms with Crippen LogP contribution in [0.15, 0.2) is 72.9 Å². The molecule has 5 rings (SSSR count). The first-order chi connectivity index (χ1) is 17.5. The number of para-hydroxylation sites is 1. The number of hydrogen-bond acceptors (Lipinski definition) is 4. The van der Waals surface area contributed by atoms with Gasteiger partial charge in [0.15, 0.2) is 11.3 Å². The third-order valence-electron chi connectivity index (χ3n) is 6.57. The average molecular weight is 484 g/mol. The number of ether oxygens (including phenoxy) is 1. The SMILES string of the molecule is CC/C=C/C(=O)N1CCC(c2c[nH]n3c(C(N)=O)c(-c4ccc(Oc5ccccc5)cc4)nc23)CC1. The van der Waals surface area contributed by atoms with E-state index >= 15 is 0 Å². The number of piperidine rings is 1. The quantitative estimate of drug-likeness (QED) is 0.365. The number of imidazole rings is 1. The number of hydrogen-bond donors (Lipinski definition) is 2. The minimum atomic E-state index is -0.557. The van der Waals surface area contributed by atoms with E-state index in [9.17, 15) is 9.59 Å². The van der Waals surface area contributed by atoms with Crippen molar-refractivity contribution in [1.82, 2.24) is 19.5 Å². The molecule has 184 valence electrons.